The Morgan fingerprint density at radius 2 is 2.19 bits per heavy atom. The predicted octanol–water partition coefficient (Wildman–Crippen LogP) is 2.40. The summed E-state index contributed by atoms with van der Waals surface area (Å²) in [6, 6.07) is 6.42. The lowest BCUT2D eigenvalue weighted by Crippen LogP contribution is -2.29. The Balaban J connectivity index is 2.14. The maximum atomic E-state index is 5.28. The van der Waals surface area contributed by atoms with Gasteiger partial charge in [-0.15, -0.1) is 0 Å². The van der Waals surface area contributed by atoms with Crippen molar-refractivity contribution in [3.63, 3.8) is 0 Å². The number of rotatable bonds is 4. The second kappa shape index (κ2) is 4.53. The van der Waals surface area contributed by atoms with Gasteiger partial charge in [-0.25, -0.2) is 0 Å². The van der Waals surface area contributed by atoms with Crippen molar-refractivity contribution < 1.29 is 4.74 Å². The highest BCUT2D eigenvalue weighted by molar-refractivity contribution is 5.81. The van der Waals surface area contributed by atoms with E-state index in [0.29, 0.717) is 0 Å². The van der Waals surface area contributed by atoms with Crippen molar-refractivity contribution in [2.24, 2.45) is 0 Å². The second-order valence-corrected chi connectivity index (χ2v) is 4.05. The van der Waals surface area contributed by atoms with Crippen LogP contribution in [-0.4, -0.2) is 29.5 Å². The highest BCUT2D eigenvalue weighted by Gasteiger charge is 2.10. The standard InChI is InChI=1S/C12H17N3O/c1-8(9(2)16-3)14-11-4-5-12-10(6-11)7-13-15-12/h4-9,14H,1-3H3,(H,13,15). The van der Waals surface area contributed by atoms with Crippen LogP contribution in [0.2, 0.25) is 0 Å². The van der Waals surface area contributed by atoms with Crippen molar-refractivity contribution in [2.75, 3.05) is 12.4 Å². The molecule has 2 atom stereocenters. The molecule has 1 heterocycles. The van der Waals surface area contributed by atoms with Crippen LogP contribution in [0.1, 0.15) is 13.8 Å². The number of benzene rings is 1. The zero-order valence-corrected chi connectivity index (χ0v) is 9.82. The van der Waals surface area contributed by atoms with Gasteiger partial charge in [-0.3, -0.25) is 5.10 Å². The highest BCUT2D eigenvalue weighted by atomic mass is 16.5. The molecule has 0 bridgehead atoms. The van der Waals surface area contributed by atoms with Crippen molar-refractivity contribution in [1.82, 2.24) is 10.2 Å². The van der Waals surface area contributed by atoms with Crippen molar-refractivity contribution in [3.05, 3.63) is 24.4 Å². The number of fused-ring (bicyclic) bond motifs is 1. The normalized spacial score (nSPS) is 14.9. The Bertz CT molecular complexity index is 466. The molecule has 2 rings (SSSR count). The molecule has 0 aliphatic rings. The zero-order chi connectivity index (χ0) is 11.5. The Labute approximate surface area is 95.0 Å². The fourth-order valence-corrected chi connectivity index (χ4v) is 1.62. The smallest absolute Gasteiger partial charge is 0.0741 e. The molecule has 0 aliphatic carbocycles. The van der Waals surface area contributed by atoms with E-state index in [0.717, 1.165) is 16.6 Å². The van der Waals surface area contributed by atoms with E-state index in [-0.39, 0.29) is 12.1 Å². The molecule has 0 fully saturated rings. The average molecular weight is 219 g/mol. The zero-order valence-electron chi connectivity index (χ0n) is 9.82. The SMILES string of the molecule is COC(C)C(C)Nc1ccc2[nH]ncc2c1. The molecule has 0 saturated carbocycles. The summed E-state index contributed by atoms with van der Waals surface area (Å²) >= 11 is 0. The van der Waals surface area contributed by atoms with Crippen LogP contribution in [0, 0.1) is 0 Å². The lowest BCUT2D eigenvalue weighted by molar-refractivity contribution is 0.106. The largest absolute Gasteiger partial charge is 0.380 e. The molecule has 0 saturated heterocycles. The molecule has 2 unspecified atom stereocenters. The Morgan fingerprint density at radius 1 is 1.38 bits per heavy atom. The van der Waals surface area contributed by atoms with Crippen LogP contribution in [0.4, 0.5) is 5.69 Å². The predicted molar refractivity (Wildman–Crippen MR) is 65.6 cm³/mol. The van der Waals surface area contributed by atoms with Crippen molar-refractivity contribution in [3.8, 4) is 0 Å². The quantitative estimate of drug-likeness (QED) is 0.830. The summed E-state index contributed by atoms with van der Waals surface area (Å²) < 4.78 is 5.28. The summed E-state index contributed by atoms with van der Waals surface area (Å²) in [6.07, 6.45) is 2.00. The lowest BCUT2D eigenvalue weighted by atomic mass is 10.2. The minimum Gasteiger partial charge on any atom is -0.380 e. The van der Waals surface area contributed by atoms with Gasteiger partial charge in [0.1, 0.15) is 0 Å². The van der Waals surface area contributed by atoms with E-state index in [4.69, 9.17) is 4.74 Å². The number of nitrogens with one attached hydrogen (secondary N) is 2. The second-order valence-electron chi connectivity index (χ2n) is 4.05. The van der Waals surface area contributed by atoms with E-state index in [2.05, 4.69) is 28.5 Å². The molecule has 16 heavy (non-hydrogen) atoms. The van der Waals surface area contributed by atoms with Crippen LogP contribution in [-0.2, 0) is 4.74 Å². The number of H-pyrrole nitrogens is 1. The molecular weight excluding hydrogens is 202 g/mol. The van der Waals surface area contributed by atoms with Gasteiger partial charge in [0.15, 0.2) is 0 Å². The van der Waals surface area contributed by atoms with E-state index in [1.165, 1.54) is 0 Å². The minimum absolute atomic E-state index is 0.181. The molecule has 4 nitrogen and oxygen atoms in total. The first-order valence-electron chi connectivity index (χ1n) is 5.43. The molecule has 0 spiro atoms. The van der Waals surface area contributed by atoms with Gasteiger partial charge in [-0.05, 0) is 32.0 Å². The number of ether oxygens (including phenoxy) is 1. The van der Waals surface area contributed by atoms with Gasteiger partial charge < -0.3 is 10.1 Å². The number of nitrogens with zero attached hydrogens (tertiary/aromatic N) is 1. The number of hydrogen-bond acceptors (Lipinski definition) is 3. The van der Waals surface area contributed by atoms with Crippen molar-refractivity contribution in [2.45, 2.75) is 26.0 Å². The van der Waals surface area contributed by atoms with Crippen LogP contribution in [0.15, 0.2) is 24.4 Å². The Hall–Kier alpha value is -1.55. The van der Waals surface area contributed by atoms with E-state index < -0.39 is 0 Å². The van der Waals surface area contributed by atoms with Crippen molar-refractivity contribution in [1.29, 1.82) is 0 Å². The van der Waals surface area contributed by atoms with E-state index in [9.17, 15) is 0 Å². The van der Waals surface area contributed by atoms with Gasteiger partial charge in [0.2, 0.25) is 0 Å². The molecular formula is C12H17N3O. The van der Waals surface area contributed by atoms with E-state index in [1.807, 2.05) is 25.3 Å². The first-order valence-corrected chi connectivity index (χ1v) is 5.43. The maximum absolute atomic E-state index is 5.28. The van der Waals surface area contributed by atoms with Crippen LogP contribution in [0.25, 0.3) is 10.9 Å². The topological polar surface area (TPSA) is 49.9 Å². The highest BCUT2D eigenvalue weighted by Crippen LogP contribution is 2.18. The molecule has 0 amide bonds. The summed E-state index contributed by atoms with van der Waals surface area (Å²) in [5.74, 6) is 0. The van der Waals surface area contributed by atoms with Crippen LogP contribution >= 0.6 is 0 Å². The minimum atomic E-state index is 0.181. The molecule has 0 radical (unpaired) electrons. The lowest BCUT2D eigenvalue weighted by Gasteiger charge is -2.21. The van der Waals surface area contributed by atoms with Gasteiger partial charge in [0.05, 0.1) is 17.8 Å². The fraction of sp³-hybridized carbons (Fsp3) is 0.417. The van der Waals surface area contributed by atoms with Gasteiger partial charge in [0.25, 0.3) is 0 Å². The molecule has 86 valence electrons. The fourth-order valence-electron chi connectivity index (χ4n) is 1.62. The van der Waals surface area contributed by atoms with Crippen LogP contribution < -0.4 is 5.32 Å². The maximum Gasteiger partial charge on any atom is 0.0741 e. The van der Waals surface area contributed by atoms with E-state index >= 15 is 0 Å². The third-order valence-corrected chi connectivity index (χ3v) is 2.91. The van der Waals surface area contributed by atoms with Gasteiger partial charge in [-0.1, -0.05) is 0 Å². The van der Waals surface area contributed by atoms with Crippen molar-refractivity contribution >= 4 is 16.6 Å². The monoisotopic (exact) mass is 219 g/mol. The Morgan fingerprint density at radius 3 is 2.94 bits per heavy atom. The number of hydrogen-bond donors (Lipinski definition) is 2. The number of anilines is 1. The number of aromatic nitrogens is 2. The summed E-state index contributed by atoms with van der Waals surface area (Å²) in [5.41, 5.74) is 2.14. The van der Waals surface area contributed by atoms with Gasteiger partial charge in [0, 0.05) is 24.2 Å². The molecule has 0 aliphatic heterocycles. The molecule has 2 aromatic rings. The summed E-state index contributed by atoms with van der Waals surface area (Å²) in [5, 5.41) is 11.4. The van der Waals surface area contributed by atoms with E-state index in [1.54, 1.807) is 7.11 Å². The number of methoxy groups -OCH3 is 1. The third-order valence-electron chi connectivity index (χ3n) is 2.91. The van der Waals surface area contributed by atoms with Crippen LogP contribution in [0.5, 0.6) is 0 Å². The molecule has 2 N–H and O–H groups in total. The number of aromatic amines is 1. The first-order chi connectivity index (χ1) is 7.70. The van der Waals surface area contributed by atoms with Gasteiger partial charge in [-0.2, -0.15) is 5.10 Å². The average Bonchev–Trinajstić information content (AvgIpc) is 2.75. The molecule has 1 aromatic heterocycles. The third kappa shape index (κ3) is 2.17. The molecule has 1 aromatic carbocycles. The summed E-state index contributed by atoms with van der Waals surface area (Å²) in [6.45, 7) is 4.15. The van der Waals surface area contributed by atoms with Gasteiger partial charge >= 0.3 is 0 Å². The summed E-state index contributed by atoms with van der Waals surface area (Å²) in [4.78, 5) is 0. The molecule has 4 heteroatoms. The summed E-state index contributed by atoms with van der Waals surface area (Å²) in [7, 11) is 1.72. The Kier molecular flexibility index (Phi) is 3.10. The first kappa shape index (κ1) is 11.0. The van der Waals surface area contributed by atoms with Crippen LogP contribution in [0.3, 0.4) is 0 Å².